The van der Waals surface area contributed by atoms with Gasteiger partial charge in [0.05, 0.1) is 5.69 Å². The van der Waals surface area contributed by atoms with Crippen LogP contribution in [0.25, 0.3) is 0 Å². The Morgan fingerprint density at radius 1 is 1.50 bits per heavy atom. The molecule has 0 saturated heterocycles. The fourth-order valence-corrected chi connectivity index (χ4v) is 1.27. The molecule has 0 aliphatic heterocycles. The molecule has 0 aliphatic rings. The standard InChI is InChI=1S/C11H16N2O3/c1-7-3-4-9(8(2)10(7)14)13-11(15)16-6-5-12/h3-4,14H,5-6,12H2,1-2H3,(H,13,15). The van der Waals surface area contributed by atoms with Gasteiger partial charge in [-0.2, -0.15) is 0 Å². The van der Waals surface area contributed by atoms with Gasteiger partial charge in [0.25, 0.3) is 0 Å². The van der Waals surface area contributed by atoms with Crippen LogP contribution in [0.2, 0.25) is 0 Å². The molecule has 0 heterocycles. The van der Waals surface area contributed by atoms with Gasteiger partial charge in [-0.05, 0) is 25.5 Å². The lowest BCUT2D eigenvalue weighted by molar-refractivity contribution is 0.165. The van der Waals surface area contributed by atoms with Crippen molar-refractivity contribution < 1.29 is 14.6 Å². The van der Waals surface area contributed by atoms with E-state index in [-0.39, 0.29) is 18.9 Å². The number of nitrogens with two attached hydrogens (primary N) is 1. The summed E-state index contributed by atoms with van der Waals surface area (Å²) in [5, 5.41) is 12.2. The van der Waals surface area contributed by atoms with Gasteiger partial charge in [-0.1, -0.05) is 6.07 Å². The molecule has 1 amide bonds. The third-order valence-corrected chi connectivity index (χ3v) is 2.22. The first-order valence-corrected chi connectivity index (χ1v) is 4.99. The van der Waals surface area contributed by atoms with Gasteiger partial charge in [-0.3, -0.25) is 5.32 Å². The molecule has 5 nitrogen and oxygen atoms in total. The fourth-order valence-electron chi connectivity index (χ4n) is 1.27. The highest BCUT2D eigenvalue weighted by Crippen LogP contribution is 2.27. The third-order valence-electron chi connectivity index (χ3n) is 2.22. The summed E-state index contributed by atoms with van der Waals surface area (Å²) in [5.74, 6) is 0.177. The predicted octanol–water partition coefficient (Wildman–Crippen LogP) is 1.52. The highest BCUT2D eigenvalue weighted by Gasteiger charge is 2.09. The van der Waals surface area contributed by atoms with E-state index in [4.69, 9.17) is 10.5 Å². The number of ether oxygens (including phenoxy) is 1. The van der Waals surface area contributed by atoms with E-state index in [9.17, 15) is 9.90 Å². The van der Waals surface area contributed by atoms with Crippen molar-refractivity contribution in [1.29, 1.82) is 0 Å². The fraction of sp³-hybridized carbons (Fsp3) is 0.364. The van der Waals surface area contributed by atoms with Crippen LogP contribution in [-0.2, 0) is 4.74 Å². The molecule has 0 aromatic heterocycles. The van der Waals surface area contributed by atoms with Crippen LogP contribution in [0.15, 0.2) is 12.1 Å². The molecule has 1 aromatic carbocycles. The van der Waals surface area contributed by atoms with E-state index >= 15 is 0 Å². The van der Waals surface area contributed by atoms with E-state index in [1.807, 2.05) is 0 Å². The summed E-state index contributed by atoms with van der Waals surface area (Å²) in [7, 11) is 0. The van der Waals surface area contributed by atoms with Crippen LogP contribution in [0.5, 0.6) is 5.75 Å². The topological polar surface area (TPSA) is 84.6 Å². The van der Waals surface area contributed by atoms with Crippen molar-refractivity contribution in [3.63, 3.8) is 0 Å². The normalized spacial score (nSPS) is 9.94. The number of benzene rings is 1. The molecule has 0 atom stereocenters. The zero-order chi connectivity index (χ0) is 12.1. The zero-order valence-corrected chi connectivity index (χ0v) is 9.41. The minimum absolute atomic E-state index is 0.169. The van der Waals surface area contributed by atoms with Gasteiger partial charge in [0, 0.05) is 12.1 Å². The second kappa shape index (κ2) is 5.37. The molecule has 0 radical (unpaired) electrons. The molecule has 4 N–H and O–H groups in total. The van der Waals surface area contributed by atoms with Gasteiger partial charge in [-0.15, -0.1) is 0 Å². The van der Waals surface area contributed by atoms with Crippen LogP contribution in [0, 0.1) is 13.8 Å². The van der Waals surface area contributed by atoms with E-state index in [2.05, 4.69) is 5.32 Å². The maximum absolute atomic E-state index is 11.2. The molecule has 5 heteroatoms. The summed E-state index contributed by atoms with van der Waals surface area (Å²) in [6.45, 7) is 3.97. The lowest BCUT2D eigenvalue weighted by Crippen LogP contribution is -2.19. The van der Waals surface area contributed by atoms with Gasteiger partial charge < -0.3 is 15.6 Å². The van der Waals surface area contributed by atoms with E-state index < -0.39 is 6.09 Å². The number of rotatable bonds is 3. The molecule has 0 bridgehead atoms. The first-order chi connectivity index (χ1) is 7.56. The molecule has 0 aliphatic carbocycles. The number of phenolic OH excluding ortho intramolecular Hbond substituents is 1. The Labute approximate surface area is 94.2 Å². The lowest BCUT2D eigenvalue weighted by Gasteiger charge is -2.11. The summed E-state index contributed by atoms with van der Waals surface area (Å²) in [6, 6.07) is 3.44. The molecular weight excluding hydrogens is 208 g/mol. The monoisotopic (exact) mass is 224 g/mol. The van der Waals surface area contributed by atoms with E-state index in [0.29, 0.717) is 11.3 Å². The SMILES string of the molecule is Cc1ccc(NC(=O)OCCN)c(C)c1O. The van der Waals surface area contributed by atoms with Gasteiger partial charge in [-0.25, -0.2) is 4.79 Å². The largest absolute Gasteiger partial charge is 0.507 e. The first kappa shape index (κ1) is 12.3. The number of aromatic hydroxyl groups is 1. The Morgan fingerprint density at radius 3 is 2.81 bits per heavy atom. The number of carbonyl (C=O) groups is 1. The second-order valence-corrected chi connectivity index (χ2v) is 3.45. The lowest BCUT2D eigenvalue weighted by atomic mass is 10.1. The maximum atomic E-state index is 11.2. The van der Waals surface area contributed by atoms with E-state index in [1.165, 1.54) is 0 Å². The van der Waals surface area contributed by atoms with Crippen LogP contribution in [-0.4, -0.2) is 24.4 Å². The molecule has 88 valence electrons. The Hall–Kier alpha value is -1.75. The summed E-state index contributed by atoms with van der Waals surface area (Å²) in [5.41, 5.74) is 7.11. The number of amides is 1. The van der Waals surface area contributed by atoms with Crippen molar-refractivity contribution in [2.24, 2.45) is 5.73 Å². The second-order valence-electron chi connectivity index (χ2n) is 3.45. The average Bonchev–Trinajstić information content (AvgIpc) is 2.27. The zero-order valence-electron chi connectivity index (χ0n) is 9.41. The minimum atomic E-state index is -0.572. The molecule has 0 saturated carbocycles. The Bertz CT molecular complexity index is 391. The quantitative estimate of drug-likeness (QED) is 0.726. The molecular formula is C11H16N2O3. The summed E-state index contributed by atoms with van der Waals surface area (Å²) < 4.78 is 4.76. The van der Waals surface area contributed by atoms with Crippen molar-refractivity contribution in [1.82, 2.24) is 0 Å². The van der Waals surface area contributed by atoms with Crippen LogP contribution in [0.1, 0.15) is 11.1 Å². The van der Waals surface area contributed by atoms with E-state index in [1.54, 1.807) is 26.0 Å². The van der Waals surface area contributed by atoms with Crippen molar-refractivity contribution >= 4 is 11.8 Å². The molecule has 0 fully saturated rings. The van der Waals surface area contributed by atoms with Crippen LogP contribution >= 0.6 is 0 Å². The number of aryl methyl sites for hydroxylation is 1. The Kier molecular flexibility index (Phi) is 4.13. The number of phenols is 1. The Morgan fingerprint density at radius 2 is 2.19 bits per heavy atom. The van der Waals surface area contributed by atoms with Crippen LogP contribution < -0.4 is 11.1 Å². The smallest absolute Gasteiger partial charge is 0.411 e. The minimum Gasteiger partial charge on any atom is -0.507 e. The van der Waals surface area contributed by atoms with Crippen LogP contribution in [0.4, 0.5) is 10.5 Å². The molecule has 0 spiro atoms. The van der Waals surface area contributed by atoms with Gasteiger partial charge in [0.2, 0.25) is 0 Å². The molecule has 1 rings (SSSR count). The van der Waals surface area contributed by atoms with Gasteiger partial charge in [0.1, 0.15) is 12.4 Å². The van der Waals surface area contributed by atoms with Gasteiger partial charge >= 0.3 is 6.09 Å². The number of nitrogens with one attached hydrogen (secondary N) is 1. The van der Waals surface area contributed by atoms with Crippen molar-refractivity contribution in [2.45, 2.75) is 13.8 Å². The summed E-state index contributed by atoms with van der Waals surface area (Å²) >= 11 is 0. The van der Waals surface area contributed by atoms with Crippen molar-refractivity contribution in [3.05, 3.63) is 23.3 Å². The van der Waals surface area contributed by atoms with Gasteiger partial charge in [0.15, 0.2) is 0 Å². The molecule has 16 heavy (non-hydrogen) atoms. The van der Waals surface area contributed by atoms with E-state index in [0.717, 1.165) is 5.56 Å². The maximum Gasteiger partial charge on any atom is 0.411 e. The highest BCUT2D eigenvalue weighted by molar-refractivity contribution is 5.86. The molecule has 0 unspecified atom stereocenters. The number of hydrogen-bond donors (Lipinski definition) is 3. The summed E-state index contributed by atoms with van der Waals surface area (Å²) in [4.78, 5) is 11.2. The average molecular weight is 224 g/mol. The van der Waals surface area contributed by atoms with Crippen molar-refractivity contribution in [2.75, 3.05) is 18.5 Å². The number of anilines is 1. The van der Waals surface area contributed by atoms with Crippen molar-refractivity contribution in [3.8, 4) is 5.75 Å². The number of carbonyl (C=O) groups excluding carboxylic acids is 1. The Balaban J connectivity index is 2.74. The third kappa shape index (κ3) is 2.87. The first-order valence-electron chi connectivity index (χ1n) is 4.99. The predicted molar refractivity (Wildman–Crippen MR) is 61.6 cm³/mol. The van der Waals surface area contributed by atoms with Crippen LogP contribution in [0.3, 0.4) is 0 Å². The number of hydrogen-bond acceptors (Lipinski definition) is 4. The highest BCUT2D eigenvalue weighted by atomic mass is 16.5. The molecule has 1 aromatic rings. The summed E-state index contributed by atoms with van der Waals surface area (Å²) in [6.07, 6.45) is -0.572.